The van der Waals surface area contributed by atoms with Crippen LogP contribution in [0.4, 0.5) is 4.39 Å². The van der Waals surface area contributed by atoms with Crippen LogP contribution in [-0.2, 0) is 9.53 Å². The zero-order valence-corrected chi connectivity index (χ0v) is 14.8. The van der Waals surface area contributed by atoms with Crippen molar-refractivity contribution in [2.24, 2.45) is 11.7 Å². The fourth-order valence-electron chi connectivity index (χ4n) is 2.84. The van der Waals surface area contributed by atoms with Crippen molar-refractivity contribution in [3.63, 3.8) is 0 Å². The molecule has 0 aromatic heterocycles. The van der Waals surface area contributed by atoms with Gasteiger partial charge in [0.05, 0.1) is 13.2 Å². The number of carbonyl (C=O) groups excluding carboxylic acids is 1. The molecule has 5 nitrogen and oxygen atoms in total. The van der Waals surface area contributed by atoms with E-state index in [1.807, 2.05) is 0 Å². The van der Waals surface area contributed by atoms with Crippen LogP contribution in [0.5, 0.6) is 5.75 Å². The van der Waals surface area contributed by atoms with Crippen LogP contribution in [0.15, 0.2) is 24.3 Å². The van der Waals surface area contributed by atoms with Gasteiger partial charge in [-0.05, 0) is 43.5 Å². The molecule has 1 aromatic rings. The molecule has 24 heavy (non-hydrogen) atoms. The highest BCUT2D eigenvalue weighted by molar-refractivity contribution is 5.85. The van der Waals surface area contributed by atoms with Gasteiger partial charge in [0, 0.05) is 25.6 Å². The Morgan fingerprint density at radius 3 is 2.50 bits per heavy atom. The molecule has 0 bridgehead atoms. The second-order valence-corrected chi connectivity index (χ2v) is 5.89. The Hall–Kier alpha value is -1.37. The lowest BCUT2D eigenvalue weighted by atomic mass is 10.1. The number of nitrogens with two attached hydrogens (primary N) is 1. The van der Waals surface area contributed by atoms with Gasteiger partial charge in [0.15, 0.2) is 0 Å². The molecule has 2 atom stereocenters. The zero-order valence-electron chi connectivity index (χ0n) is 13.9. The fourth-order valence-corrected chi connectivity index (χ4v) is 2.84. The molecule has 1 aliphatic rings. The Morgan fingerprint density at radius 2 is 1.92 bits per heavy atom. The van der Waals surface area contributed by atoms with Crippen LogP contribution in [0.1, 0.15) is 19.3 Å². The number of carbonyl (C=O) groups is 1. The Labute approximate surface area is 148 Å². The molecule has 0 saturated heterocycles. The molecule has 136 valence electrons. The minimum Gasteiger partial charge on any atom is -0.492 e. The summed E-state index contributed by atoms with van der Waals surface area (Å²) in [6.07, 6.45) is 2.50. The first-order chi connectivity index (χ1) is 11.1. The van der Waals surface area contributed by atoms with Crippen molar-refractivity contribution in [3.05, 3.63) is 30.1 Å². The Balaban J connectivity index is 0.00000288. The molecule has 1 fully saturated rings. The normalized spacial score (nSPS) is 19.6. The van der Waals surface area contributed by atoms with Gasteiger partial charge >= 0.3 is 0 Å². The highest BCUT2D eigenvalue weighted by Crippen LogP contribution is 2.26. The van der Waals surface area contributed by atoms with Crippen molar-refractivity contribution >= 4 is 18.3 Å². The van der Waals surface area contributed by atoms with E-state index < -0.39 is 0 Å². The molecular weight excluding hydrogens is 335 g/mol. The van der Waals surface area contributed by atoms with E-state index >= 15 is 0 Å². The molecule has 0 aliphatic heterocycles. The quantitative estimate of drug-likeness (QED) is 0.772. The van der Waals surface area contributed by atoms with Gasteiger partial charge in [-0.1, -0.05) is 0 Å². The van der Waals surface area contributed by atoms with Gasteiger partial charge in [0.1, 0.15) is 18.2 Å². The summed E-state index contributed by atoms with van der Waals surface area (Å²) in [5, 5.41) is 0. The van der Waals surface area contributed by atoms with Gasteiger partial charge in [-0.3, -0.25) is 4.79 Å². The summed E-state index contributed by atoms with van der Waals surface area (Å²) in [6.45, 7) is 1.86. The molecule has 1 saturated carbocycles. The second-order valence-electron chi connectivity index (χ2n) is 5.89. The minimum atomic E-state index is -0.299. The molecule has 1 aromatic carbocycles. The fraction of sp³-hybridized carbons (Fsp3) is 0.588. The Bertz CT molecular complexity index is 501. The van der Waals surface area contributed by atoms with Crippen LogP contribution >= 0.6 is 12.4 Å². The SMILES string of the molecule is COCCN(CCOc1ccc(F)cc1)C(=O)C1CCC(N)C1.Cl. The predicted octanol–water partition coefficient (Wildman–Crippen LogP) is 2.23. The van der Waals surface area contributed by atoms with Gasteiger partial charge in [0.2, 0.25) is 5.91 Å². The number of ether oxygens (including phenoxy) is 2. The number of hydrogen-bond donors (Lipinski definition) is 1. The molecule has 0 radical (unpaired) electrons. The molecule has 7 heteroatoms. The number of amides is 1. The molecule has 1 aliphatic carbocycles. The third-order valence-corrected chi connectivity index (χ3v) is 4.14. The highest BCUT2D eigenvalue weighted by Gasteiger charge is 2.30. The van der Waals surface area contributed by atoms with Crippen LogP contribution in [-0.4, -0.2) is 50.3 Å². The summed E-state index contributed by atoms with van der Waals surface area (Å²) >= 11 is 0. The van der Waals surface area contributed by atoms with E-state index in [4.69, 9.17) is 15.2 Å². The van der Waals surface area contributed by atoms with E-state index in [0.29, 0.717) is 32.1 Å². The summed E-state index contributed by atoms with van der Waals surface area (Å²) < 4.78 is 23.5. The number of benzene rings is 1. The maximum absolute atomic E-state index is 12.9. The predicted molar refractivity (Wildman–Crippen MR) is 92.9 cm³/mol. The van der Waals surface area contributed by atoms with E-state index in [1.54, 1.807) is 24.1 Å². The molecule has 2 unspecified atom stereocenters. The standard InChI is InChI=1S/C17H25FN2O3.ClH/c1-22-10-8-20(17(21)13-2-5-15(19)12-13)9-11-23-16-6-3-14(18)4-7-16;/h3-4,6-7,13,15H,2,5,8-12,19H2,1H3;1H. The molecule has 0 heterocycles. The molecule has 2 N–H and O–H groups in total. The van der Waals surface area contributed by atoms with Crippen LogP contribution in [0.2, 0.25) is 0 Å². The largest absolute Gasteiger partial charge is 0.492 e. The number of rotatable bonds is 8. The van der Waals surface area contributed by atoms with E-state index in [1.165, 1.54) is 12.1 Å². The van der Waals surface area contributed by atoms with Crippen molar-refractivity contribution < 1.29 is 18.7 Å². The third kappa shape index (κ3) is 6.26. The van der Waals surface area contributed by atoms with E-state index in [0.717, 1.165) is 19.3 Å². The lowest BCUT2D eigenvalue weighted by Crippen LogP contribution is -2.40. The molecule has 1 amide bonds. The summed E-state index contributed by atoms with van der Waals surface area (Å²) in [7, 11) is 1.61. The van der Waals surface area contributed by atoms with Crippen LogP contribution in [0.3, 0.4) is 0 Å². The zero-order chi connectivity index (χ0) is 16.7. The number of hydrogen-bond acceptors (Lipinski definition) is 4. The lowest BCUT2D eigenvalue weighted by molar-refractivity contribution is -0.136. The van der Waals surface area contributed by atoms with Crippen LogP contribution < -0.4 is 10.5 Å². The lowest BCUT2D eigenvalue weighted by Gasteiger charge is -2.25. The number of nitrogens with zero attached hydrogens (tertiary/aromatic N) is 1. The first-order valence-corrected chi connectivity index (χ1v) is 8.02. The maximum atomic E-state index is 12.9. The summed E-state index contributed by atoms with van der Waals surface area (Å²) in [5.41, 5.74) is 5.90. The van der Waals surface area contributed by atoms with E-state index in [-0.39, 0.29) is 36.1 Å². The van der Waals surface area contributed by atoms with Crippen molar-refractivity contribution in [2.75, 3.05) is 33.4 Å². The Kier molecular flexibility index (Phi) is 9.03. The van der Waals surface area contributed by atoms with Gasteiger partial charge in [-0.25, -0.2) is 4.39 Å². The topological polar surface area (TPSA) is 64.8 Å². The average molecular weight is 361 g/mol. The van der Waals surface area contributed by atoms with Crippen molar-refractivity contribution in [1.82, 2.24) is 4.90 Å². The summed E-state index contributed by atoms with van der Waals surface area (Å²) in [5.74, 6) is 0.422. The average Bonchev–Trinajstić information content (AvgIpc) is 2.98. The minimum absolute atomic E-state index is 0. The summed E-state index contributed by atoms with van der Waals surface area (Å²) in [4.78, 5) is 14.4. The first kappa shape index (κ1) is 20.7. The van der Waals surface area contributed by atoms with Crippen molar-refractivity contribution in [2.45, 2.75) is 25.3 Å². The van der Waals surface area contributed by atoms with E-state index in [2.05, 4.69) is 0 Å². The second kappa shape index (κ2) is 10.5. The Morgan fingerprint density at radius 1 is 1.25 bits per heavy atom. The number of halogens is 2. The molecular formula is C17H26ClFN2O3. The highest BCUT2D eigenvalue weighted by atomic mass is 35.5. The van der Waals surface area contributed by atoms with Crippen molar-refractivity contribution in [3.8, 4) is 5.75 Å². The van der Waals surface area contributed by atoms with Gasteiger partial charge < -0.3 is 20.1 Å². The monoisotopic (exact) mass is 360 g/mol. The van der Waals surface area contributed by atoms with Crippen LogP contribution in [0.25, 0.3) is 0 Å². The third-order valence-electron chi connectivity index (χ3n) is 4.14. The summed E-state index contributed by atoms with van der Waals surface area (Å²) in [6, 6.07) is 5.98. The molecule has 2 rings (SSSR count). The van der Waals surface area contributed by atoms with Gasteiger partial charge in [-0.15, -0.1) is 12.4 Å². The van der Waals surface area contributed by atoms with Gasteiger partial charge in [0.25, 0.3) is 0 Å². The van der Waals surface area contributed by atoms with Gasteiger partial charge in [-0.2, -0.15) is 0 Å². The number of methoxy groups -OCH3 is 1. The van der Waals surface area contributed by atoms with E-state index in [9.17, 15) is 9.18 Å². The first-order valence-electron chi connectivity index (χ1n) is 8.02. The molecule has 0 spiro atoms. The van der Waals surface area contributed by atoms with Crippen LogP contribution in [0, 0.1) is 11.7 Å². The maximum Gasteiger partial charge on any atom is 0.225 e. The smallest absolute Gasteiger partial charge is 0.225 e. The van der Waals surface area contributed by atoms with Crippen molar-refractivity contribution in [1.29, 1.82) is 0 Å².